The lowest BCUT2D eigenvalue weighted by Crippen LogP contribution is -2.30. The molecular formula is C16H24ClNO2. The van der Waals surface area contributed by atoms with Crippen molar-refractivity contribution in [2.45, 2.75) is 51.4 Å². The van der Waals surface area contributed by atoms with Crippen LogP contribution in [-0.2, 0) is 11.3 Å². The van der Waals surface area contributed by atoms with Crippen LogP contribution in [-0.4, -0.2) is 25.9 Å². The fourth-order valence-corrected chi connectivity index (χ4v) is 2.91. The first-order chi connectivity index (χ1) is 9.74. The Morgan fingerprint density at radius 3 is 2.85 bits per heavy atom. The summed E-state index contributed by atoms with van der Waals surface area (Å²) in [4.78, 5) is 0. The molecule has 1 aromatic carbocycles. The van der Waals surface area contributed by atoms with Crippen LogP contribution in [0.3, 0.4) is 0 Å². The molecule has 2 unspecified atom stereocenters. The highest BCUT2D eigenvalue weighted by Gasteiger charge is 2.24. The topological polar surface area (TPSA) is 30.5 Å². The summed E-state index contributed by atoms with van der Waals surface area (Å²) in [5, 5.41) is 4.08. The van der Waals surface area contributed by atoms with Gasteiger partial charge in [0.25, 0.3) is 0 Å². The highest BCUT2D eigenvalue weighted by Crippen LogP contribution is 2.30. The Morgan fingerprint density at radius 2 is 2.10 bits per heavy atom. The number of hydrogen-bond acceptors (Lipinski definition) is 3. The van der Waals surface area contributed by atoms with Crippen LogP contribution in [0.25, 0.3) is 0 Å². The molecule has 0 spiro atoms. The zero-order valence-corrected chi connectivity index (χ0v) is 13.1. The van der Waals surface area contributed by atoms with Crippen molar-refractivity contribution in [2.75, 3.05) is 13.7 Å². The lowest BCUT2D eigenvalue weighted by Gasteiger charge is -2.29. The van der Waals surface area contributed by atoms with Crippen molar-refractivity contribution in [3.8, 4) is 5.75 Å². The summed E-state index contributed by atoms with van der Waals surface area (Å²) < 4.78 is 11.7. The fourth-order valence-electron chi connectivity index (χ4n) is 2.67. The van der Waals surface area contributed by atoms with E-state index in [1.165, 1.54) is 0 Å². The molecule has 0 amide bonds. The lowest BCUT2D eigenvalue weighted by atomic mass is 9.95. The molecule has 1 N–H and O–H groups in total. The van der Waals surface area contributed by atoms with Crippen LogP contribution < -0.4 is 10.1 Å². The Hall–Kier alpha value is -0.770. The van der Waals surface area contributed by atoms with Gasteiger partial charge in [0.05, 0.1) is 6.10 Å². The van der Waals surface area contributed by atoms with Crippen LogP contribution in [0, 0.1) is 0 Å². The molecule has 3 nitrogen and oxygen atoms in total. The molecule has 20 heavy (non-hydrogen) atoms. The van der Waals surface area contributed by atoms with Crippen molar-refractivity contribution in [1.82, 2.24) is 5.32 Å². The van der Waals surface area contributed by atoms with Crippen molar-refractivity contribution < 1.29 is 9.47 Å². The summed E-state index contributed by atoms with van der Waals surface area (Å²) in [5.74, 6) is 0.903. The van der Waals surface area contributed by atoms with Crippen LogP contribution >= 0.6 is 11.6 Å². The molecule has 2 rings (SSSR count). The van der Waals surface area contributed by atoms with Gasteiger partial charge in [0.2, 0.25) is 0 Å². The Morgan fingerprint density at radius 1 is 1.30 bits per heavy atom. The predicted molar refractivity (Wildman–Crippen MR) is 82.5 cm³/mol. The number of nitrogens with one attached hydrogen (secondary N) is 1. The van der Waals surface area contributed by atoms with Gasteiger partial charge in [-0.15, -0.1) is 0 Å². The summed E-state index contributed by atoms with van der Waals surface area (Å²) in [5.41, 5.74) is 1.05. The second-order valence-electron chi connectivity index (χ2n) is 5.26. The molecule has 1 aliphatic rings. The highest BCUT2D eigenvalue weighted by molar-refractivity contribution is 6.31. The molecule has 0 aromatic heterocycles. The summed E-state index contributed by atoms with van der Waals surface area (Å²) in [7, 11) is 1.78. The molecule has 0 radical (unpaired) electrons. The molecule has 1 aromatic rings. The van der Waals surface area contributed by atoms with Crippen molar-refractivity contribution in [1.29, 1.82) is 0 Å². The van der Waals surface area contributed by atoms with Gasteiger partial charge in [-0.05, 0) is 37.9 Å². The standard InChI is InChI=1S/C16H24ClNO2/c1-3-18-11-14-15(17)8-5-9-16(14)20-13-7-4-6-12(10-13)19-2/h5,8-9,12-13,18H,3-4,6-7,10-11H2,1-2H3. The lowest BCUT2D eigenvalue weighted by molar-refractivity contribution is 0.0206. The number of benzene rings is 1. The van der Waals surface area contributed by atoms with Crippen molar-refractivity contribution in [3.05, 3.63) is 28.8 Å². The molecule has 1 aliphatic carbocycles. The molecule has 0 aliphatic heterocycles. The highest BCUT2D eigenvalue weighted by atomic mass is 35.5. The van der Waals surface area contributed by atoms with Gasteiger partial charge >= 0.3 is 0 Å². The third-order valence-corrected chi connectivity index (χ3v) is 4.19. The van der Waals surface area contributed by atoms with Gasteiger partial charge in [-0.2, -0.15) is 0 Å². The van der Waals surface area contributed by atoms with Crippen LogP contribution in [0.2, 0.25) is 5.02 Å². The maximum atomic E-state index is 6.29. The third-order valence-electron chi connectivity index (χ3n) is 3.83. The Kier molecular flexibility index (Phi) is 6.14. The summed E-state index contributed by atoms with van der Waals surface area (Å²) >= 11 is 6.29. The van der Waals surface area contributed by atoms with Crippen molar-refractivity contribution >= 4 is 11.6 Å². The molecular weight excluding hydrogens is 274 g/mol. The van der Waals surface area contributed by atoms with E-state index in [0.717, 1.165) is 55.1 Å². The maximum absolute atomic E-state index is 6.29. The Labute approximate surface area is 126 Å². The molecule has 1 fully saturated rings. The fraction of sp³-hybridized carbons (Fsp3) is 0.625. The van der Waals surface area contributed by atoms with E-state index in [1.807, 2.05) is 18.2 Å². The Bertz CT molecular complexity index is 425. The molecule has 4 heteroatoms. The normalized spacial score (nSPS) is 22.8. The van der Waals surface area contributed by atoms with E-state index in [1.54, 1.807) is 7.11 Å². The minimum atomic E-state index is 0.229. The monoisotopic (exact) mass is 297 g/mol. The van der Waals surface area contributed by atoms with Gasteiger partial charge in [0.1, 0.15) is 11.9 Å². The molecule has 1 saturated carbocycles. The first-order valence-corrected chi connectivity index (χ1v) is 7.80. The first-order valence-electron chi connectivity index (χ1n) is 7.42. The van der Waals surface area contributed by atoms with E-state index >= 15 is 0 Å². The van der Waals surface area contributed by atoms with Gasteiger partial charge < -0.3 is 14.8 Å². The van der Waals surface area contributed by atoms with Crippen LogP contribution in [0.15, 0.2) is 18.2 Å². The van der Waals surface area contributed by atoms with Gasteiger partial charge in [-0.1, -0.05) is 24.6 Å². The first kappa shape index (κ1) is 15.6. The molecule has 0 saturated heterocycles. The van der Waals surface area contributed by atoms with Gasteiger partial charge in [-0.3, -0.25) is 0 Å². The van der Waals surface area contributed by atoms with Crippen LogP contribution in [0.1, 0.15) is 38.2 Å². The number of halogens is 1. The smallest absolute Gasteiger partial charge is 0.125 e. The van der Waals surface area contributed by atoms with E-state index < -0.39 is 0 Å². The number of methoxy groups -OCH3 is 1. The number of rotatable bonds is 6. The second-order valence-corrected chi connectivity index (χ2v) is 5.67. The Balaban J connectivity index is 2.06. The largest absolute Gasteiger partial charge is 0.490 e. The maximum Gasteiger partial charge on any atom is 0.125 e. The summed E-state index contributed by atoms with van der Waals surface area (Å²) in [6.07, 6.45) is 4.90. The van der Waals surface area contributed by atoms with E-state index in [0.29, 0.717) is 6.10 Å². The van der Waals surface area contributed by atoms with E-state index in [2.05, 4.69) is 12.2 Å². The SMILES string of the molecule is CCNCc1c(Cl)cccc1OC1CCCC(OC)C1. The van der Waals surface area contributed by atoms with E-state index in [4.69, 9.17) is 21.1 Å². The van der Waals surface area contributed by atoms with Gasteiger partial charge in [-0.25, -0.2) is 0 Å². The molecule has 2 atom stereocenters. The number of ether oxygens (including phenoxy) is 2. The van der Waals surface area contributed by atoms with Crippen LogP contribution in [0.5, 0.6) is 5.75 Å². The zero-order valence-electron chi connectivity index (χ0n) is 12.3. The third kappa shape index (κ3) is 4.11. The van der Waals surface area contributed by atoms with Crippen molar-refractivity contribution in [2.24, 2.45) is 0 Å². The average Bonchev–Trinajstić information content (AvgIpc) is 2.47. The average molecular weight is 298 g/mol. The number of hydrogen-bond donors (Lipinski definition) is 1. The predicted octanol–water partition coefficient (Wildman–Crippen LogP) is 3.79. The van der Waals surface area contributed by atoms with Crippen molar-refractivity contribution in [3.63, 3.8) is 0 Å². The van der Waals surface area contributed by atoms with E-state index in [9.17, 15) is 0 Å². The van der Waals surface area contributed by atoms with Gasteiger partial charge in [0, 0.05) is 30.7 Å². The molecule has 0 heterocycles. The quantitative estimate of drug-likeness (QED) is 0.866. The second kappa shape index (κ2) is 7.87. The molecule has 112 valence electrons. The summed E-state index contributed by atoms with van der Waals surface area (Å²) in [6.45, 7) is 3.74. The minimum Gasteiger partial charge on any atom is -0.490 e. The van der Waals surface area contributed by atoms with Gasteiger partial charge in [0.15, 0.2) is 0 Å². The van der Waals surface area contributed by atoms with E-state index in [-0.39, 0.29) is 6.10 Å². The van der Waals surface area contributed by atoms with Crippen LogP contribution in [0.4, 0.5) is 0 Å². The molecule has 0 bridgehead atoms. The summed E-state index contributed by atoms with van der Waals surface area (Å²) in [6, 6.07) is 5.87. The minimum absolute atomic E-state index is 0.229. The zero-order chi connectivity index (χ0) is 14.4.